The number of hydrogen-bond acceptors (Lipinski definition) is 5. The number of para-hydroxylation sites is 1. The summed E-state index contributed by atoms with van der Waals surface area (Å²) in [6.07, 6.45) is 0.793. The first-order chi connectivity index (χ1) is 12.6. The molecule has 0 fully saturated rings. The van der Waals surface area contributed by atoms with E-state index in [0.717, 1.165) is 15.8 Å². The molecule has 0 aliphatic rings. The molecule has 26 heavy (non-hydrogen) atoms. The zero-order valence-electron chi connectivity index (χ0n) is 14.1. The molecule has 3 aromatic rings. The van der Waals surface area contributed by atoms with E-state index in [1.54, 1.807) is 6.07 Å². The van der Waals surface area contributed by atoms with Crippen LogP contribution in [0.4, 0.5) is 0 Å². The Bertz CT molecular complexity index is 955. The molecule has 0 radical (unpaired) electrons. The van der Waals surface area contributed by atoms with E-state index in [1.807, 2.05) is 36.4 Å². The summed E-state index contributed by atoms with van der Waals surface area (Å²) >= 11 is 7.44. The Hall–Kier alpha value is -2.44. The number of hydrogen-bond donors (Lipinski definition) is 1. The lowest BCUT2D eigenvalue weighted by atomic mass is 10.1. The quantitative estimate of drug-likeness (QED) is 0.505. The van der Waals surface area contributed by atoms with Crippen molar-refractivity contribution >= 4 is 45.7 Å². The van der Waals surface area contributed by atoms with Gasteiger partial charge in [0.15, 0.2) is 0 Å². The van der Waals surface area contributed by atoms with Gasteiger partial charge in [0.2, 0.25) is 0 Å². The van der Waals surface area contributed by atoms with Crippen molar-refractivity contribution in [2.75, 3.05) is 13.7 Å². The number of amides is 1. The number of nitrogens with one attached hydrogen (secondary N) is 1. The molecule has 0 aliphatic carbocycles. The second-order valence-corrected chi connectivity index (χ2v) is 7.33. The molecule has 2 aromatic heterocycles. The highest BCUT2D eigenvalue weighted by atomic mass is 35.5. The van der Waals surface area contributed by atoms with Gasteiger partial charge in [0, 0.05) is 18.4 Å². The van der Waals surface area contributed by atoms with E-state index in [9.17, 15) is 9.59 Å². The maximum atomic E-state index is 12.7. The first-order valence-electron chi connectivity index (χ1n) is 8.09. The maximum Gasteiger partial charge on any atom is 0.305 e. The normalized spacial score (nSPS) is 10.7. The number of fused-ring (bicyclic) bond motifs is 1. The highest BCUT2D eigenvalue weighted by Gasteiger charge is 2.14. The monoisotopic (exact) mass is 388 g/mol. The number of aromatic nitrogens is 1. The Morgan fingerprint density at radius 1 is 1.23 bits per heavy atom. The Kier molecular flexibility index (Phi) is 5.85. The third kappa shape index (κ3) is 4.20. The van der Waals surface area contributed by atoms with Crippen molar-refractivity contribution in [2.24, 2.45) is 0 Å². The van der Waals surface area contributed by atoms with Gasteiger partial charge in [-0.25, -0.2) is 4.98 Å². The van der Waals surface area contributed by atoms with Crippen LogP contribution in [-0.2, 0) is 9.53 Å². The molecule has 7 heteroatoms. The first-order valence-corrected chi connectivity index (χ1v) is 9.28. The smallest absolute Gasteiger partial charge is 0.305 e. The van der Waals surface area contributed by atoms with E-state index in [1.165, 1.54) is 18.4 Å². The summed E-state index contributed by atoms with van der Waals surface area (Å²) < 4.78 is 5.27. The van der Waals surface area contributed by atoms with E-state index >= 15 is 0 Å². The highest BCUT2D eigenvalue weighted by Crippen LogP contribution is 2.32. The number of thiophene rings is 1. The summed E-state index contributed by atoms with van der Waals surface area (Å²) in [6.45, 7) is 0.394. The molecule has 1 N–H and O–H groups in total. The zero-order chi connectivity index (χ0) is 18.5. The van der Waals surface area contributed by atoms with E-state index < -0.39 is 0 Å². The maximum absolute atomic E-state index is 12.7. The number of benzene rings is 1. The molecule has 2 heterocycles. The lowest BCUT2D eigenvalue weighted by Gasteiger charge is -2.10. The molecular weight excluding hydrogens is 372 g/mol. The summed E-state index contributed by atoms with van der Waals surface area (Å²) in [5, 5.41) is 3.64. The van der Waals surface area contributed by atoms with Crippen molar-refractivity contribution in [2.45, 2.75) is 12.8 Å². The van der Waals surface area contributed by atoms with Crippen LogP contribution in [0, 0.1) is 0 Å². The molecule has 1 amide bonds. The number of pyridine rings is 1. The van der Waals surface area contributed by atoms with E-state index in [2.05, 4.69) is 15.0 Å². The average molecular weight is 389 g/mol. The van der Waals surface area contributed by atoms with E-state index in [4.69, 9.17) is 11.6 Å². The van der Waals surface area contributed by atoms with Gasteiger partial charge in [-0.1, -0.05) is 29.8 Å². The van der Waals surface area contributed by atoms with Gasteiger partial charge in [0.1, 0.15) is 0 Å². The number of esters is 1. The molecule has 5 nitrogen and oxygen atoms in total. The summed E-state index contributed by atoms with van der Waals surface area (Å²) in [5.41, 5.74) is 2.00. The first kappa shape index (κ1) is 18.4. The van der Waals surface area contributed by atoms with Crippen LogP contribution in [0.3, 0.4) is 0 Å². The van der Waals surface area contributed by atoms with Crippen LogP contribution in [0.2, 0.25) is 4.34 Å². The molecule has 0 unspecified atom stereocenters. The fourth-order valence-electron chi connectivity index (χ4n) is 2.57. The lowest BCUT2D eigenvalue weighted by Crippen LogP contribution is -2.25. The molecular formula is C19H17ClN2O3S. The molecule has 0 bridgehead atoms. The molecule has 3 rings (SSSR count). The van der Waals surface area contributed by atoms with Gasteiger partial charge in [-0.3, -0.25) is 9.59 Å². The van der Waals surface area contributed by atoms with Gasteiger partial charge in [-0.05, 0) is 30.7 Å². The molecule has 0 spiro atoms. The van der Waals surface area contributed by atoms with Gasteiger partial charge >= 0.3 is 5.97 Å². The predicted octanol–water partition coefficient (Wildman–Crippen LogP) is 4.30. The van der Waals surface area contributed by atoms with Gasteiger partial charge in [0.05, 0.1) is 33.1 Å². The topological polar surface area (TPSA) is 68.3 Å². The molecule has 0 saturated heterocycles. The number of rotatable bonds is 6. The van der Waals surface area contributed by atoms with Gasteiger partial charge in [-0.15, -0.1) is 11.3 Å². The number of nitrogens with zero attached hydrogens (tertiary/aromatic N) is 1. The number of methoxy groups -OCH3 is 1. The summed E-state index contributed by atoms with van der Waals surface area (Å²) in [4.78, 5) is 29.4. The van der Waals surface area contributed by atoms with Crippen LogP contribution in [-0.4, -0.2) is 30.5 Å². The Labute approximate surface area is 160 Å². The second-order valence-electron chi connectivity index (χ2n) is 5.61. The number of ether oxygens (including phenoxy) is 1. The third-order valence-electron chi connectivity index (χ3n) is 3.86. The minimum Gasteiger partial charge on any atom is -0.469 e. The van der Waals surface area contributed by atoms with Crippen molar-refractivity contribution in [3.8, 4) is 10.6 Å². The summed E-state index contributed by atoms with van der Waals surface area (Å²) in [7, 11) is 1.35. The second kappa shape index (κ2) is 8.29. The summed E-state index contributed by atoms with van der Waals surface area (Å²) in [5.74, 6) is -0.483. The van der Waals surface area contributed by atoms with Crippen LogP contribution >= 0.6 is 22.9 Å². The zero-order valence-corrected chi connectivity index (χ0v) is 15.7. The van der Waals surface area contributed by atoms with E-state index in [0.29, 0.717) is 28.6 Å². The van der Waals surface area contributed by atoms with Gasteiger partial charge in [-0.2, -0.15) is 0 Å². The van der Waals surface area contributed by atoms with Crippen LogP contribution in [0.5, 0.6) is 0 Å². The largest absolute Gasteiger partial charge is 0.469 e. The molecule has 0 atom stereocenters. The minimum atomic E-state index is -0.287. The van der Waals surface area contributed by atoms with Gasteiger partial charge < -0.3 is 10.1 Å². The molecule has 0 saturated carbocycles. The number of carbonyl (C=O) groups is 2. The Morgan fingerprint density at radius 2 is 2.04 bits per heavy atom. The number of halogens is 1. The van der Waals surface area contributed by atoms with Crippen LogP contribution in [0.15, 0.2) is 42.5 Å². The predicted molar refractivity (Wildman–Crippen MR) is 104 cm³/mol. The molecule has 134 valence electrons. The molecule has 1 aromatic carbocycles. The summed E-state index contributed by atoms with van der Waals surface area (Å²) in [6, 6.07) is 13.0. The van der Waals surface area contributed by atoms with Crippen molar-refractivity contribution in [1.29, 1.82) is 0 Å². The standard InChI is InChI=1S/C19H17ClN2O3S/c1-25-18(23)7-4-10-21-19(24)13-11-15(16-8-9-17(20)26-16)22-14-6-3-2-5-12(13)14/h2-3,5-6,8-9,11H,4,7,10H2,1H3,(H,21,24). The van der Waals surface area contributed by atoms with Crippen LogP contribution < -0.4 is 5.32 Å². The molecule has 0 aliphatic heterocycles. The van der Waals surface area contributed by atoms with Crippen molar-refractivity contribution in [3.05, 3.63) is 52.4 Å². The fraction of sp³-hybridized carbons (Fsp3) is 0.211. The highest BCUT2D eigenvalue weighted by molar-refractivity contribution is 7.19. The third-order valence-corrected chi connectivity index (χ3v) is 5.11. The lowest BCUT2D eigenvalue weighted by molar-refractivity contribution is -0.140. The minimum absolute atomic E-state index is 0.197. The van der Waals surface area contributed by atoms with Crippen molar-refractivity contribution in [1.82, 2.24) is 10.3 Å². The van der Waals surface area contributed by atoms with Gasteiger partial charge in [0.25, 0.3) is 5.91 Å². The SMILES string of the molecule is COC(=O)CCCNC(=O)c1cc(-c2ccc(Cl)s2)nc2ccccc12. The average Bonchev–Trinajstić information content (AvgIpc) is 3.10. The van der Waals surface area contributed by atoms with Crippen LogP contribution in [0.25, 0.3) is 21.5 Å². The van der Waals surface area contributed by atoms with Crippen LogP contribution in [0.1, 0.15) is 23.2 Å². The Balaban J connectivity index is 1.86. The van der Waals surface area contributed by atoms with Crippen molar-refractivity contribution < 1.29 is 14.3 Å². The fourth-order valence-corrected chi connectivity index (χ4v) is 3.58. The van der Waals surface area contributed by atoms with Crippen molar-refractivity contribution in [3.63, 3.8) is 0 Å². The Morgan fingerprint density at radius 3 is 2.77 bits per heavy atom. The number of carbonyl (C=O) groups excluding carboxylic acids is 2. The van der Waals surface area contributed by atoms with E-state index in [-0.39, 0.29) is 18.3 Å².